The highest BCUT2D eigenvalue weighted by atomic mass is 32.2. The highest BCUT2D eigenvalue weighted by Crippen LogP contribution is 2.40. The molecule has 1 saturated heterocycles. The van der Waals surface area contributed by atoms with Gasteiger partial charge in [0.2, 0.25) is 0 Å². The molecule has 0 aliphatic carbocycles. The molecule has 8 heteroatoms. The maximum atomic E-state index is 12.7. The quantitative estimate of drug-likeness (QED) is 0.226. The highest BCUT2D eigenvalue weighted by Gasteiger charge is 2.56. The summed E-state index contributed by atoms with van der Waals surface area (Å²) in [5.41, 5.74) is -0.464. The molecule has 0 aromatic heterocycles. The smallest absolute Gasteiger partial charge is 0.289 e. The van der Waals surface area contributed by atoms with Crippen LogP contribution in [0, 0.1) is 10.1 Å². The van der Waals surface area contributed by atoms with Crippen LogP contribution in [0.1, 0.15) is 39.0 Å². The average Bonchev–Trinajstić information content (AvgIpc) is 3.25. The second kappa shape index (κ2) is 7.18. The molecule has 3 atom stereocenters. The van der Waals surface area contributed by atoms with Crippen LogP contribution in [0.3, 0.4) is 0 Å². The summed E-state index contributed by atoms with van der Waals surface area (Å²) in [7, 11) is -4.03. The Kier molecular flexibility index (Phi) is 5.48. The fourth-order valence-electron chi connectivity index (χ4n) is 2.78. The third kappa shape index (κ3) is 3.59. The summed E-state index contributed by atoms with van der Waals surface area (Å²) >= 11 is 0. The lowest BCUT2D eigenvalue weighted by Crippen LogP contribution is -2.17. The van der Waals surface area contributed by atoms with Gasteiger partial charge in [-0.2, -0.15) is 4.31 Å². The van der Waals surface area contributed by atoms with Gasteiger partial charge in [-0.05, 0) is 12.5 Å². The maximum absolute atomic E-state index is 12.7. The molecule has 126 valence electrons. The molecule has 23 heavy (non-hydrogen) atoms. The summed E-state index contributed by atoms with van der Waals surface area (Å²) in [4.78, 5) is 21.1. The van der Waals surface area contributed by atoms with Crippen LogP contribution in [0.15, 0.2) is 29.2 Å². The lowest BCUT2D eigenvalue weighted by molar-refractivity contribution is -0.387. The van der Waals surface area contributed by atoms with Gasteiger partial charge in [-0.25, -0.2) is 8.42 Å². The van der Waals surface area contributed by atoms with Crippen molar-refractivity contribution in [3.05, 3.63) is 34.4 Å². The van der Waals surface area contributed by atoms with Crippen LogP contribution < -0.4 is 0 Å². The molecule has 1 aromatic carbocycles. The van der Waals surface area contributed by atoms with Crippen molar-refractivity contribution >= 4 is 22.0 Å². The first-order valence-electron chi connectivity index (χ1n) is 7.67. The Bertz CT molecular complexity index is 689. The topological polar surface area (TPSA) is 97.4 Å². The van der Waals surface area contributed by atoms with Gasteiger partial charge in [0.15, 0.2) is 4.90 Å². The number of carbonyl (C=O) groups excluding carboxylic acids is 1. The molecule has 1 fully saturated rings. The van der Waals surface area contributed by atoms with E-state index in [0.717, 1.165) is 36.1 Å². The number of carbonyl (C=O) groups is 1. The number of nitrogens with zero attached hydrogens (tertiary/aromatic N) is 2. The largest absolute Gasteiger partial charge is 0.302 e. The first-order valence-corrected chi connectivity index (χ1v) is 9.11. The Labute approximate surface area is 135 Å². The second-order valence-corrected chi connectivity index (χ2v) is 7.41. The fraction of sp³-hybridized carbons (Fsp3) is 0.533. The minimum atomic E-state index is -4.03. The zero-order valence-corrected chi connectivity index (χ0v) is 13.7. The Balaban J connectivity index is 2.20. The number of para-hydroxylation sites is 1. The number of hydrogen-bond acceptors (Lipinski definition) is 5. The molecule has 1 aliphatic rings. The third-order valence-corrected chi connectivity index (χ3v) is 6.01. The van der Waals surface area contributed by atoms with Crippen molar-refractivity contribution in [3.8, 4) is 0 Å². The molecule has 0 bridgehead atoms. The van der Waals surface area contributed by atoms with Crippen LogP contribution in [0.25, 0.3) is 0 Å². The summed E-state index contributed by atoms with van der Waals surface area (Å²) in [5, 5.41) is 11.0. The first-order chi connectivity index (χ1) is 10.9. The van der Waals surface area contributed by atoms with Crippen LogP contribution >= 0.6 is 0 Å². The summed E-state index contributed by atoms with van der Waals surface area (Å²) in [6.07, 6.45) is 5.17. The monoisotopic (exact) mass is 340 g/mol. The molecule has 0 N–H and O–H groups in total. The molecular formula is C15H20N2O5S. The maximum Gasteiger partial charge on any atom is 0.289 e. The summed E-state index contributed by atoms with van der Waals surface area (Å²) < 4.78 is 26.4. The predicted octanol–water partition coefficient (Wildman–Crippen LogP) is 2.51. The number of nitro benzene ring substituents is 1. The van der Waals surface area contributed by atoms with E-state index in [-0.39, 0.29) is 10.9 Å². The molecule has 0 amide bonds. The number of sulfonamides is 1. The molecule has 1 aromatic rings. The fourth-order valence-corrected chi connectivity index (χ4v) is 4.71. The third-order valence-electron chi connectivity index (χ3n) is 4.04. The van der Waals surface area contributed by atoms with Gasteiger partial charge < -0.3 is 4.79 Å². The molecule has 1 heterocycles. The number of aldehydes is 1. The SMILES string of the molecule is CCCCCC[C@@H]1[C@H](C=O)N1S(=O)(=O)c1ccccc1[N+](=O)[O-]. The average molecular weight is 340 g/mol. The minimum absolute atomic E-state index is 0.354. The van der Waals surface area contributed by atoms with Crippen LogP contribution in [0.4, 0.5) is 5.69 Å². The molecule has 7 nitrogen and oxygen atoms in total. The summed E-state index contributed by atoms with van der Waals surface area (Å²) in [6.45, 7) is 2.08. The van der Waals surface area contributed by atoms with E-state index < -0.39 is 26.7 Å². The Morgan fingerprint density at radius 2 is 1.96 bits per heavy atom. The van der Waals surface area contributed by atoms with Gasteiger partial charge in [0.25, 0.3) is 15.7 Å². The lowest BCUT2D eigenvalue weighted by Gasteiger charge is -2.07. The summed E-state index contributed by atoms with van der Waals surface area (Å²) in [6, 6.07) is 4.13. The normalized spacial score (nSPS) is 23.4. The van der Waals surface area contributed by atoms with Crippen molar-refractivity contribution in [2.75, 3.05) is 0 Å². The Morgan fingerprint density at radius 1 is 1.26 bits per heavy atom. The van der Waals surface area contributed by atoms with E-state index in [4.69, 9.17) is 0 Å². The van der Waals surface area contributed by atoms with Crippen molar-refractivity contribution in [3.63, 3.8) is 0 Å². The van der Waals surface area contributed by atoms with Crippen LogP contribution in [-0.4, -0.2) is 36.0 Å². The van der Waals surface area contributed by atoms with Gasteiger partial charge in [-0.1, -0.05) is 44.7 Å². The molecule has 2 rings (SSSR count). The van der Waals surface area contributed by atoms with Crippen molar-refractivity contribution in [2.45, 2.75) is 56.0 Å². The van der Waals surface area contributed by atoms with Crippen LogP contribution in [0.2, 0.25) is 0 Å². The van der Waals surface area contributed by atoms with Crippen LogP contribution in [0.5, 0.6) is 0 Å². The van der Waals surface area contributed by atoms with Crippen molar-refractivity contribution in [1.82, 2.24) is 4.31 Å². The molecule has 0 spiro atoms. The van der Waals surface area contributed by atoms with Gasteiger partial charge in [0, 0.05) is 12.1 Å². The number of benzene rings is 1. The zero-order chi connectivity index (χ0) is 17.0. The van der Waals surface area contributed by atoms with Crippen molar-refractivity contribution in [1.29, 1.82) is 0 Å². The van der Waals surface area contributed by atoms with E-state index in [1.807, 2.05) is 0 Å². The second-order valence-electron chi connectivity index (χ2n) is 5.60. The predicted molar refractivity (Wildman–Crippen MR) is 84.5 cm³/mol. The van der Waals surface area contributed by atoms with E-state index in [9.17, 15) is 23.3 Å². The molecule has 0 radical (unpaired) electrons. The molecule has 1 aliphatic heterocycles. The van der Waals surface area contributed by atoms with Gasteiger partial charge in [-0.15, -0.1) is 0 Å². The zero-order valence-electron chi connectivity index (χ0n) is 12.9. The Morgan fingerprint density at radius 3 is 2.57 bits per heavy atom. The van der Waals surface area contributed by atoms with E-state index in [1.54, 1.807) is 0 Å². The number of nitro groups is 1. The minimum Gasteiger partial charge on any atom is -0.302 e. The van der Waals surface area contributed by atoms with Gasteiger partial charge >= 0.3 is 0 Å². The van der Waals surface area contributed by atoms with E-state index in [1.165, 1.54) is 18.2 Å². The van der Waals surface area contributed by atoms with Crippen molar-refractivity contribution in [2.24, 2.45) is 0 Å². The highest BCUT2D eigenvalue weighted by molar-refractivity contribution is 7.89. The van der Waals surface area contributed by atoms with Crippen LogP contribution in [-0.2, 0) is 14.8 Å². The van der Waals surface area contributed by atoms with E-state index in [0.29, 0.717) is 12.7 Å². The Hall–Kier alpha value is -1.80. The summed E-state index contributed by atoms with van der Waals surface area (Å²) in [5.74, 6) is 0. The number of rotatable bonds is 9. The standard InChI is InChI=1S/C15H20N2O5S/c1-2-3-4-5-8-12-14(11-18)16(12)23(21,22)15-10-7-6-9-13(15)17(19)20/h6-7,9-12,14H,2-5,8H2,1H3/t12-,14+,16?/m1/s1. The van der Waals surface area contributed by atoms with Gasteiger partial charge in [-0.3, -0.25) is 10.1 Å². The van der Waals surface area contributed by atoms with Gasteiger partial charge in [0.05, 0.1) is 11.0 Å². The number of unbranched alkanes of at least 4 members (excludes halogenated alkanes) is 3. The van der Waals surface area contributed by atoms with E-state index in [2.05, 4.69) is 6.92 Å². The number of hydrogen-bond donors (Lipinski definition) is 0. The van der Waals surface area contributed by atoms with Crippen molar-refractivity contribution < 1.29 is 18.1 Å². The first kappa shape index (κ1) is 17.6. The van der Waals surface area contributed by atoms with E-state index >= 15 is 0 Å². The van der Waals surface area contributed by atoms with Gasteiger partial charge in [0.1, 0.15) is 6.29 Å². The molecule has 0 saturated carbocycles. The molecule has 1 unspecified atom stereocenters. The lowest BCUT2D eigenvalue weighted by atomic mass is 10.1. The molecular weight excluding hydrogens is 320 g/mol.